The molecule has 0 saturated heterocycles. The van der Waals surface area contributed by atoms with Crippen LogP contribution in [0, 0.1) is 0 Å². The van der Waals surface area contributed by atoms with Crippen molar-refractivity contribution in [3.8, 4) is 0 Å². The lowest BCUT2D eigenvalue weighted by Gasteiger charge is -1.83. The van der Waals surface area contributed by atoms with Crippen LogP contribution < -0.4 is 0 Å². The first-order valence-electron chi connectivity index (χ1n) is 0.918. The summed E-state index contributed by atoms with van der Waals surface area (Å²) in [4.78, 5) is 0. The largest absolute Gasteiger partial charge is 0.382 e. The van der Waals surface area contributed by atoms with Crippen LogP contribution in [0.2, 0.25) is 0 Å². The van der Waals surface area contributed by atoms with Crippen LogP contribution in [0.4, 0.5) is 0 Å². The summed E-state index contributed by atoms with van der Waals surface area (Å²) in [5, 5.41) is 0. The summed E-state index contributed by atoms with van der Waals surface area (Å²) < 4.78 is 28.8. The molecule has 0 aromatic heterocycles. The van der Waals surface area contributed by atoms with Gasteiger partial charge in [0.05, 0.1) is 0 Å². The minimum Gasteiger partial charge on any atom is -0.326 e. The highest BCUT2D eigenvalue weighted by Gasteiger charge is 1.93. The van der Waals surface area contributed by atoms with Crippen LogP contribution in [-0.4, -0.2) is 21.0 Å². The topological polar surface area (TPSA) is 63.6 Å². The molecule has 6 heteroatoms. The summed E-state index contributed by atoms with van der Waals surface area (Å²) in [5.41, 5.74) is 0. The van der Waals surface area contributed by atoms with Gasteiger partial charge in [0.25, 0.3) is 0 Å². The zero-order valence-corrected chi connectivity index (χ0v) is 3.47. The van der Waals surface area contributed by atoms with Crippen molar-refractivity contribution in [1.29, 1.82) is 0 Å². The summed E-state index contributed by atoms with van der Waals surface area (Å²) in [6, 6.07) is 0. The highest BCUT2D eigenvalue weighted by atomic mass is 32.3. The molecule has 0 aromatic rings. The second-order valence-corrected chi connectivity index (χ2v) is 1.57. The van der Waals surface area contributed by atoms with Gasteiger partial charge in [-0.15, -0.1) is 0 Å². The van der Waals surface area contributed by atoms with Crippen LogP contribution in [0.3, 0.4) is 0 Å². The van der Waals surface area contributed by atoms with Crippen LogP contribution >= 0.6 is 0 Å². The molecule has 0 aliphatic carbocycles. The van der Waals surface area contributed by atoms with Crippen molar-refractivity contribution < 1.29 is 17.1 Å². The Morgan fingerprint density at radius 2 is 1.83 bits per heavy atom. The van der Waals surface area contributed by atoms with E-state index in [0.717, 1.165) is 0 Å². The fourth-order valence-electron chi connectivity index (χ4n) is 0. The quantitative estimate of drug-likeness (QED) is 0.341. The monoisotopic (exact) mass is 108 g/mol. The van der Waals surface area contributed by atoms with E-state index < -0.39 is 10.4 Å². The molecule has 1 N–H and O–H groups in total. The summed E-state index contributed by atoms with van der Waals surface area (Å²) >= 11 is 0. The Bertz CT molecular complexity index is 110. The maximum atomic E-state index is 9.21. The average molecular weight is 108 g/mol. The maximum absolute atomic E-state index is 9.21. The number of hydrogen-bond acceptors (Lipinski definition) is 3. The van der Waals surface area contributed by atoms with Crippen LogP contribution in [0.1, 0.15) is 0 Å². The van der Waals surface area contributed by atoms with Crippen molar-refractivity contribution >= 4 is 18.4 Å². The van der Waals surface area contributed by atoms with Gasteiger partial charge in [-0.1, -0.05) is 0 Å². The predicted molar refractivity (Wildman–Crippen MR) is 18.4 cm³/mol. The molecule has 4 nitrogen and oxygen atoms in total. The van der Waals surface area contributed by atoms with E-state index in [9.17, 15) is 8.42 Å². The summed E-state index contributed by atoms with van der Waals surface area (Å²) in [6.07, 6.45) is 0. The smallest absolute Gasteiger partial charge is 0.326 e. The van der Waals surface area contributed by atoms with Gasteiger partial charge in [-0.25, -0.2) is 0 Å². The Balaban J connectivity index is 3.85. The number of hydrogen-bond donors (Lipinski definition) is 1. The third-order valence-electron chi connectivity index (χ3n) is 0.122. The van der Waals surface area contributed by atoms with Crippen molar-refractivity contribution in [3.05, 3.63) is 0 Å². The lowest BCUT2D eigenvalue weighted by atomic mass is 10.6. The van der Waals surface area contributed by atoms with Crippen molar-refractivity contribution in [2.45, 2.75) is 0 Å². The van der Waals surface area contributed by atoms with E-state index in [1.807, 2.05) is 0 Å². The summed E-state index contributed by atoms with van der Waals surface area (Å²) in [7, 11) is -0.417. The van der Waals surface area contributed by atoms with E-state index in [1.54, 1.807) is 0 Å². The lowest BCUT2D eigenvalue weighted by molar-refractivity contribution is 0.400. The molecule has 0 heterocycles. The normalized spacial score (nSPS) is 11.5. The van der Waals surface area contributed by atoms with Crippen molar-refractivity contribution in [2.24, 2.45) is 0 Å². The minimum atomic E-state index is -4.38. The SMILES string of the molecule is [B]OS(=O)(=O)O. The van der Waals surface area contributed by atoms with Crippen LogP contribution in [0.15, 0.2) is 0 Å². The third kappa shape index (κ3) is 3.93. The van der Waals surface area contributed by atoms with E-state index in [1.165, 1.54) is 0 Å². The van der Waals surface area contributed by atoms with Gasteiger partial charge in [0.15, 0.2) is 0 Å². The Morgan fingerprint density at radius 1 is 1.67 bits per heavy atom. The molecule has 0 rings (SSSR count). The first-order chi connectivity index (χ1) is 2.56. The second kappa shape index (κ2) is 1.59. The molecule has 0 unspecified atom stereocenters. The molecule has 0 aliphatic heterocycles. The maximum Gasteiger partial charge on any atom is 0.382 e. The van der Waals surface area contributed by atoms with E-state index in [0.29, 0.717) is 0 Å². The Labute approximate surface area is 36.5 Å². The van der Waals surface area contributed by atoms with E-state index in [2.05, 4.69) is 12.1 Å². The Kier molecular flexibility index (Phi) is 1.57. The van der Waals surface area contributed by atoms with Crippen molar-refractivity contribution in [1.82, 2.24) is 0 Å². The molecular weight excluding hydrogens is 107 g/mol. The standard InChI is InChI=1S/BHO4S/c1-5-6(2,3)4/h(H,2,3,4). The predicted octanol–water partition coefficient (Wildman–Crippen LogP) is -1.11. The van der Waals surface area contributed by atoms with Crippen LogP contribution in [0.25, 0.3) is 0 Å². The fourth-order valence-corrected chi connectivity index (χ4v) is 0. The first kappa shape index (κ1) is 5.93. The minimum absolute atomic E-state index is 2.97. The summed E-state index contributed by atoms with van der Waals surface area (Å²) in [5.74, 6) is 0. The Hall–Kier alpha value is -0.0651. The average Bonchev–Trinajstić information content (AvgIpc) is 1.35. The molecule has 0 aliphatic rings. The molecule has 0 saturated carbocycles. The molecular formula is HBO4S. The lowest BCUT2D eigenvalue weighted by Crippen LogP contribution is -1.98. The molecule has 2 radical (unpaired) electrons. The van der Waals surface area contributed by atoms with E-state index >= 15 is 0 Å². The van der Waals surface area contributed by atoms with Crippen LogP contribution in [0.5, 0.6) is 0 Å². The summed E-state index contributed by atoms with van der Waals surface area (Å²) in [6.45, 7) is 0. The molecule has 0 atom stereocenters. The molecule has 0 amide bonds. The zero-order chi connectivity index (χ0) is 5.21. The highest BCUT2D eigenvalue weighted by Crippen LogP contribution is 1.73. The van der Waals surface area contributed by atoms with Gasteiger partial charge in [-0.2, -0.15) is 8.42 Å². The zero-order valence-electron chi connectivity index (χ0n) is 2.66. The van der Waals surface area contributed by atoms with Gasteiger partial charge in [0.1, 0.15) is 0 Å². The van der Waals surface area contributed by atoms with Gasteiger partial charge >= 0.3 is 18.4 Å². The molecule has 0 fully saturated rings. The number of rotatable bonds is 1. The second-order valence-electron chi connectivity index (χ2n) is 0.524. The molecule has 34 valence electrons. The van der Waals surface area contributed by atoms with Crippen LogP contribution in [-0.2, 0) is 14.5 Å². The van der Waals surface area contributed by atoms with Gasteiger partial charge in [0, 0.05) is 0 Å². The van der Waals surface area contributed by atoms with E-state index in [-0.39, 0.29) is 0 Å². The van der Waals surface area contributed by atoms with Crippen molar-refractivity contribution in [3.63, 3.8) is 0 Å². The highest BCUT2D eigenvalue weighted by molar-refractivity contribution is 7.81. The van der Waals surface area contributed by atoms with Gasteiger partial charge in [-0.3, -0.25) is 4.55 Å². The molecule has 0 aromatic carbocycles. The van der Waals surface area contributed by atoms with Crippen molar-refractivity contribution in [2.75, 3.05) is 0 Å². The molecule has 0 bridgehead atoms. The van der Waals surface area contributed by atoms with Gasteiger partial charge < -0.3 is 4.10 Å². The van der Waals surface area contributed by atoms with Gasteiger partial charge in [-0.05, 0) is 0 Å². The van der Waals surface area contributed by atoms with E-state index in [4.69, 9.17) is 4.55 Å². The third-order valence-corrected chi connectivity index (χ3v) is 0.365. The van der Waals surface area contributed by atoms with Gasteiger partial charge in [0.2, 0.25) is 0 Å². The molecule has 6 heavy (non-hydrogen) atoms. The first-order valence-corrected chi connectivity index (χ1v) is 2.28. The fraction of sp³-hybridized carbons (Fsp3) is 0. The molecule has 0 spiro atoms. The Morgan fingerprint density at radius 3 is 1.83 bits per heavy atom.